The van der Waals surface area contributed by atoms with Gasteiger partial charge in [-0.2, -0.15) is 0 Å². The molecule has 17 heavy (non-hydrogen) atoms. The zero-order chi connectivity index (χ0) is 12.9. The first-order valence-electron chi connectivity index (χ1n) is 6.88. The summed E-state index contributed by atoms with van der Waals surface area (Å²) < 4.78 is 0. The zero-order valence-electron chi connectivity index (χ0n) is 12.0. The molecule has 1 rings (SSSR count). The first-order valence-corrected chi connectivity index (χ1v) is 7.86. The molecule has 0 bridgehead atoms. The molecule has 0 spiro atoms. The molecule has 0 aromatic carbocycles. The molecule has 1 aliphatic rings. The quantitative estimate of drug-likeness (QED) is 0.802. The number of rotatable bonds is 5. The van der Waals surface area contributed by atoms with Gasteiger partial charge in [0.15, 0.2) is 5.17 Å². The number of nitrogens with zero attached hydrogens (tertiary/aromatic N) is 1. The predicted octanol–water partition coefficient (Wildman–Crippen LogP) is 4.06. The lowest BCUT2D eigenvalue weighted by Gasteiger charge is -2.32. The van der Waals surface area contributed by atoms with Gasteiger partial charge in [-0.3, -0.25) is 4.99 Å². The van der Waals surface area contributed by atoms with E-state index in [1.54, 1.807) is 0 Å². The Kier molecular flexibility index (Phi) is 5.84. The Bertz CT molecular complexity index is 259. The van der Waals surface area contributed by atoms with Gasteiger partial charge in [0.25, 0.3) is 0 Å². The van der Waals surface area contributed by atoms with Crippen molar-refractivity contribution in [1.82, 2.24) is 5.32 Å². The van der Waals surface area contributed by atoms with Gasteiger partial charge in [0.05, 0.1) is 0 Å². The first-order chi connectivity index (χ1) is 7.89. The van der Waals surface area contributed by atoms with E-state index in [0.717, 1.165) is 11.1 Å². The van der Waals surface area contributed by atoms with Crippen molar-refractivity contribution in [2.75, 3.05) is 5.75 Å². The molecule has 1 N–H and O–H groups in total. The standard InChI is InChI=1S/C14H28N2S/c1-11(2)7-6-8-12(3)15-13-16-14(4,5)9-10-17-13/h11-12H,6-10H2,1-5H3,(H,15,16). The highest BCUT2D eigenvalue weighted by molar-refractivity contribution is 8.13. The number of thioether (sulfide) groups is 1. The van der Waals surface area contributed by atoms with Gasteiger partial charge in [-0.1, -0.05) is 38.5 Å². The lowest BCUT2D eigenvalue weighted by Crippen LogP contribution is -2.46. The molecule has 0 amide bonds. The van der Waals surface area contributed by atoms with E-state index >= 15 is 0 Å². The van der Waals surface area contributed by atoms with Crippen LogP contribution in [0, 0.1) is 5.92 Å². The van der Waals surface area contributed by atoms with Gasteiger partial charge in [0, 0.05) is 17.3 Å². The van der Waals surface area contributed by atoms with Gasteiger partial charge in [0.1, 0.15) is 0 Å². The molecule has 0 saturated carbocycles. The summed E-state index contributed by atoms with van der Waals surface area (Å²) in [4.78, 5) is 4.80. The summed E-state index contributed by atoms with van der Waals surface area (Å²) in [5, 5.41) is 4.69. The highest BCUT2D eigenvalue weighted by Gasteiger charge is 2.24. The molecule has 100 valence electrons. The molecule has 1 unspecified atom stereocenters. The van der Waals surface area contributed by atoms with E-state index in [9.17, 15) is 0 Å². The number of hydrogen-bond donors (Lipinski definition) is 1. The summed E-state index contributed by atoms with van der Waals surface area (Å²) in [6.07, 6.45) is 5.05. The molecular weight excluding hydrogens is 228 g/mol. The summed E-state index contributed by atoms with van der Waals surface area (Å²) in [6.45, 7) is 11.3. The van der Waals surface area contributed by atoms with Crippen LogP contribution < -0.4 is 5.32 Å². The summed E-state index contributed by atoms with van der Waals surface area (Å²) in [7, 11) is 0. The van der Waals surface area contributed by atoms with E-state index in [1.165, 1.54) is 31.4 Å². The maximum Gasteiger partial charge on any atom is 0.157 e. The van der Waals surface area contributed by atoms with E-state index in [0.29, 0.717) is 6.04 Å². The first kappa shape index (κ1) is 14.9. The van der Waals surface area contributed by atoms with Gasteiger partial charge in [-0.25, -0.2) is 0 Å². The van der Waals surface area contributed by atoms with Crippen LogP contribution in [0.4, 0.5) is 0 Å². The molecule has 1 saturated heterocycles. The average Bonchev–Trinajstić information content (AvgIpc) is 2.14. The Morgan fingerprint density at radius 3 is 2.59 bits per heavy atom. The van der Waals surface area contributed by atoms with E-state index < -0.39 is 0 Å². The third-order valence-electron chi connectivity index (χ3n) is 3.15. The van der Waals surface area contributed by atoms with Crippen LogP contribution in [-0.2, 0) is 0 Å². The summed E-state index contributed by atoms with van der Waals surface area (Å²) in [5.41, 5.74) is 0.224. The molecule has 1 heterocycles. The fourth-order valence-corrected chi connectivity index (χ4v) is 3.36. The van der Waals surface area contributed by atoms with Crippen molar-refractivity contribution >= 4 is 16.9 Å². The van der Waals surface area contributed by atoms with Crippen molar-refractivity contribution in [1.29, 1.82) is 0 Å². The molecular formula is C14H28N2S. The maximum absolute atomic E-state index is 4.80. The minimum absolute atomic E-state index is 0.224. The second kappa shape index (κ2) is 6.67. The van der Waals surface area contributed by atoms with Crippen molar-refractivity contribution in [2.24, 2.45) is 10.9 Å². The lowest BCUT2D eigenvalue weighted by atomic mass is 10.0. The average molecular weight is 256 g/mol. The van der Waals surface area contributed by atoms with Crippen LogP contribution in [0.2, 0.25) is 0 Å². The molecule has 0 aromatic rings. The number of nitrogens with one attached hydrogen (secondary N) is 1. The third-order valence-corrected chi connectivity index (χ3v) is 4.04. The number of amidine groups is 1. The molecule has 3 heteroatoms. The normalized spacial score (nSPS) is 23.8. The Morgan fingerprint density at radius 2 is 2.00 bits per heavy atom. The van der Waals surface area contributed by atoms with Crippen molar-refractivity contribution in [3.63, 3.8) is 0 Å². The summed E-state index contributed by atoms with van der Waals surface area (Å²) >= 11 is 1.87. The van der Waals surface area contributed by atoms with Crippen molar-refractivity contribution in [3.8, 4) is 0 Å². The summed E-state index contributed by atoms with van der Waals surface area (Å²) in [5.74, 6) is 2.01. The molecule has 0 radical (unpaired) electrons. The fourth-order valence-electron chi connectivity index (χ4n) is 1.95. The van der Waals surface area contributed by atoms with Gasteiger partial charge < -0.3 is 5.32 Å². The van der Waals surface area contributed by atoms with Crippen molar-refractivity contribution in [3.05, 3.63) is 0 Å². The Balaban J connectivity index is 2.35. The fraction of sp³-hybridized carbons (Fsp3) is 0.929. The number of aliphatic imine (C=N–C) groups is 1. The monoisotopic (exact) mass is 256 g/mol. The van der Waals surface area contributed by atoms with Crippen LogP contribution in [0.15, 0.2) is 4.99 Å². The van der Waals surface area contributed by atoms with Gasteiger partial charge in [0.2, 0.25) is 0 Å². The smallest absolute Gasteiger partial charge is 0.157 e. The van der Waals surface area contributed by atoms with Gasteiger partial charge >= 0.3 is 0 Å². The zero-order valence-corrected chi connectivity index (χ0v) is 12.9. The third kappa shape index (κ3) is 6.35. The second-order valence-corrected chi connectivity index (χ2v) is 7.30. The minimum atomic E-state index is 0.224. The van der Waals surface area contributed by atoms with Crippen molar-refractivity contribution < 1.29 is 0 Å². The van der Waals surface area contributed by atoms with Gasteiger partial charge in [-0.15, -0.1) is 0 Å². The number of hydrogen-bond acceptors (Lipinski definition) is 2. The van der Waals surface area contributed by atoms with Crippen LogP contribution in [0.1, 0.15) is 60.3 Å². The minimum Gasteiger partial charge on any atom is -0.360 e. The SMILES string of the molecule is CC(C)CCCC(C)N=C1NC(C)(C)CCS1. The highest BCUT2D eigenvalue weighted by atomic mass is 32.2. The Morgan fingerprint density at radius 1 is 1.29 bits per heavy atom. The van der Waals surface area contributed by atoms with Crippen LogP contribution in [0.5, 0.6) is 0 Å². The molecule has 1 atom stereocenters. The maximum atomic E-state index is 4.80. The molecule has 2 nitrogen and oxygen atoms in total. The second-order valence-electron chi connectivity index (χ2n) is 6.22. The Hall–Kier alpha value is -0.180. The van der Waals surface area contributed by atoms with Crippen LogP contribution in [0.3, 0.4) is 0 Å². The summed E-state index contributed by atoms with van der Waals surface area (Å²) in [6, 6.07) is 0.456. The van der Waals surface area contributed by atoms with Gasteiger partial charge in [-0.05, 0) is 39.5 Å². The van der Waals surface area contributed by atoms with Crippen LogP contribution >= 0.6 is 11.8 Å². The van der Waals surface area contributed by atoms with Crippen LogP contribution in [-0.4, -0.2) is 22.5 Å². The van der Waals surface area contributed by atoms with Crippen molar-refractivity contribution in [2.45, 2.75) is 71.9 Å². The van der Waals surface area contributed by atoms with E-state index in [4.69, 9.17) is 4.99 Å². The van der Waals surface area contributed by atoms with Crippen LogP contribution in [0.25, 0.3) is 0 Å². The Labute approximate surface area is 111 Å². The lowest BCUT2D eigenvalue weighted by molar-refractivity contribution is 0.444. The van der Waals surface area contributed by atoms with E-state index in [1.807, 2.05) is 11.8 Å². The topological polar surface area (TPSA) is 24.4 Å². The highest BCUT2D eigenvalue weighted by Crippen LogP contribution is 2.22. The largest absolute Gasteiger partial charge is 0.360 e. The van der Waals surface area contributed by atoms with E-state index in [-0.39, 0.29) is 5.54 Å². The molecule has 1 aliphatic heterocycles. The molecule has 1 fully saturated rings. The predicted molar refractivity (Wildman–Crippen MR) is 79.9 cm³/mol. The van der Waals surface area contributed by atoms with E-state index in [2.05, 4.69) is 39.9 Å². The molecule has 0 aliphatic carbocycles. The molecule has 0 aromatic heterocycles.